The summed E-state index contributed by atoms with van der Waals surface area (Å²) < 4.78 is 4.83. The molecular weight excluding hydrogens is 326 g/mol. The SMILES string of the molecule is CCCNC(=O)NC(=O)COC(=O)/C(=C/c1ccccc1)NC(C)=O. The van der Waals surface area contributed by atoms with Crippen molar-refractivity contribution >= 4 is 29.9 Å². The number of imide groups is 1. The summed E-state index contributed by atoms with van der Waals surface area (Å²) in [4.78, 5) is 46.2. The van der Waals surface area contributed by atoms with E-state index in [1.807, 2.05) is 18.3 Å². The topological polar surface area (TPSA) is 114 Å². The molecule has 0 unspecified atom stereocenters. The molecule has 0 saturated heterocycles. The van der Waals surface area contributed by atoms with Gasteiger partial charge in [0.2, 0.25) is 5.91 Å². The molecule has 0 aromatic heterocycles. The number of benzene rings is 1. The Morgan fingerprint density at radius 3 is 2.36 bits per heavy atom. The van der Waals surface area contributed by atoms with Crippen LogP contribution in [0.25, 0.3) is 6.08 Å². The van der Waals surface area contributed by atoms with Crippen LogP contribution in [0.4, 0.5) is 4.79 Å². The highest BCUT2D eigenvalue weighted by atomic mass is 16.5. The van der Waals surface area contributed by atoms with Gasteiger partial charge in [0.1, 0.15) is 5.70 Å². The van der Waals surface area contributed by atoms with E-state index in [2.05, 4.69) is 10.6 Å². The summed E-state index contributed by atoms with van der Waals surface area (Å²) in [6.07, 6.45) is 2.15. The number of hydrogen-bond acceptors (Lipinski definition) is 5. The minimum Gasteiger partial charge on any atom is -0.451 e. The molecule has 0 atom stereocenters. The van der Waals surface area contributed by atoms with E-state index >= 15 is 0 Å². The van der Waals surface area contributed by atoms with Crippen LogP contribution in [-0.2, 0) is 19.1 Å². The molecule has 8 heteroatoms. The largest absolute Gasteiger partial charge is 0.451 e. The Hall–Kier alpha value is -3.16. The van der Waals surface area contributed by atoms with E-state index in [-0.39, 0.29) is 5.70 Å². The van der Waals surface area contributed by atoms with Crippen molar-refractivity contribution < 1.29 is 23.9 Å². The van der Waals surface area contributed by atoms with Crippen LogP contribution in [0.15, 0.2) is 36.0 Å². The lowest BCUT2D eigenvalue weighted by Gasteiger charge is -2.09. The maximum Gasteiger partial charge on any atom is 0.355 e. The summed E-state index contributed by atoms with van der Waals surface area (Å²) in [7, 11) is 0. The first-order valence-corrected chi connectivity index (χ1v) is 7.71. The van der Waals surface area contributed by atoms with E-state index in [0.29, 0.717) is 12.1 Å². The molecule has 0 saturated carbocycles. The average Bonchev–Trinajstić information content (AvgIpc) is 2.57. The molecule has 25 heavy (non-hydrogen) atoms. The predicted molar refractivity (Wildman–Crippen MR) is 91.0 cm³/mol. The molecule has 4 amide bonds. The number of urea groups is 1. The Labute approximate surface area is 145 Å². The molecule has 1 rings (SSSR count). The van der Waals surface area contributed by atoms with E-state index in [0.717, 1.165) is 6.42 Å². The fourth-order valence-electron chi connectivity index (χ4n) is 1.71. The summed E-state index contributed by atoms with van der Waals surface area (Å²) in [5.41, 5.74) is 0.563. The van der Waals surface area contributed by atoms with Crippen molar-refractivity contribution in [2.75, 3.05) is 13.2 Å². The van der Waals surface area contributed by atoms with Crippen molar-refractivity contribution in [2.24, 2.45) is 0 Å². The molecule has 0 aliphatic carbocycles. The van der Waals surface area contributed by atoms with Crippen molar-refractivity contribution in [3.05, 3.63) is 41.6 Å². The number of carbonyl (C=O) groups excluding carboxylic acids is 4. The molecule has 0 heterocycles. The minimum atomic E-state index is -0.886. The number of amides is 4. The van der Waals surface area contributed by atoms with E-state index in [4.69, 9.17) is 4.74 Å². The van der Waals surface area contributed by atoms with Crippen molar-refractivity contribution in [1.82, 2.24) is 16.0 Å². The molecule has 0 fully saturated rings. The van der Waals surface area contributed by atoms with E-state index in [1.54, 1.807) is 24.3 Å². The lowest BCUT2D eigenvalue weighted by Crippen LogP contribution is -2.42. The van der Waals surface area contributed by atoms with Crippen LogP contribution < -0.4 is 16.0 Å². The zero-order chi connectivity index (χ0) is 18.7. The Morgan fingerprint density at radius 2 is 1.76 bits per heavy atom. The summed E-state index contributed by atoms with van der Waals surface area (Å²) in [5.74, 6) is -2.12. The second-order valence-corrected chi connectivity index (χ2v) is 5.03. The zero-order valence-electron chi connectivity index (χ0n) is 14.1. The molecule has 0 aliphatic heterocycles. The molecule has 8 nitrogen and oxygen atoms in total. The Balaban J connectivity index is 2.64. The zero-order valence-corrected chi connectivity index (χ0v) is 14.1. The lowest BCUT2D eigenvalue weighted by molar-refractivity contribution is -0.145. The van der Waals surface area contributed by atoms with Gasteiger partial charge in [-0.3, -0.25) is 14.9 Å². The molecule has 0 bridgehead atoms. The number of ether oxygens (including phenoxy) is 1. The molecule has 0 radical (unpaired) electrons. The molecule has 3 N–H and O–H groups in total. The van der Waals surface area contributed by atoms with Crippen LogP contribution in [0, 0.1) is 0 Å². The third-order valence-electron chi connectivity index (χ3n) is 2.76. The molecule has 0 aliphatic rings. The van der Waals surface area contributed by atoms with Gasteiger partial charge in [-0.25, -0.2) is 9.59 Å². The second-order valence-electron chi connectivity index (χ2n) is 5.03. The standard InChI is InChI=1S/C17H21N3O5/c1-3-9-18-17(24)20-15(22)11-25-16(23)14(19-12(2)21)10-13-7-5-4-6-8-13/h4-8,10H,3,9,11H2,1-2H3,(H,19,21)(H2,18,20,22,24)/b14-10-. The maximum absolute atomic E-state index is 12.1. The van der Waals surface area contributed by atoms with E-state index < -0.39 is 30.4 Å². The summed E-state index contributed by atoms with van der Waals surface area (Å²) in [5, 5.41) is 6.84. The van der Waals surface area contributed by atoms with Gasteiger partial charge in [0, 0.05) is 13.5 Å². The van der Waals surface area contributed by atoms with Crippen LogP contribution in [0.3, 0.4) is 0 Å². The number of esters is 1. The van der Waals surface area contributed by atoms with Crippen molar-refractivity contribution in [2.45, 2.75) is 20.3 Å². The lowest BCUT2D eigenvalue weighted by atomic mass is 10.2. The third-order valence-corrected chi connectivity index (χ3v) is 2.76. The van der Waals surface area contributed by atoms with Gasteiger partial charge in [-0.15, -0.1) is 0 Å². The minimum absolute atomic E-state index is 0.109. The first-order valence-electron chi connectivity index (χ1n) is 7.71. The number of carbonyl (C=O) groups is 4. The van der Waals surface area contributed by atoms with Gasteiger partial charge in [0.25, 0.3) is 5.91 Å². The maximum atomic E-state index is 12.1. The predicted octanol–water partition coefficient (Wildman–Crippen LogP) is 0.943. The first kappa shape index (κ1) is 19.9. The smallest absolute Gasteiger partial charge is 0.355 e. The van der Waals surface area contributed by atoms with Crippen LogP contribution >= 0.6 is 0 Å². The van der Waals surface area contributed by atoms with Gasteiger partial charge in [-0.1, -0.05) is 37.3 Å². The van der Waals surface area contributed by atoms with Crippen molar-refractivity contribution in [1.29, 1.82) is 0 Å². The monoisotopic (exact) mass is 347 g/mol. The fraction of sp³-hybridized carbons (Fsp3) is 0.294. The molecule has 0 spiro atoms. The van der Waals surface area contributed by atoms with Gasteiger partial charge in [-0.2, -0.15) is 0 Å². The highest BCUT2D eigenvalue weighted by molar-refractivity contribution is 6.00. The number of hydrogen-bond donors (Lipinski definition) is 3. The van der Waals surface area contributed by atoms with Gasteiger partial charge in [-0.05, 0) is 18.1 Å². The Morgan fingerprint density at radius 1 is 1.08 bits per heavy atom. The second kappa shape index (κ2) is 10.6. The summed E-state index contributed by atoms with van der Waals surface area (Å²) >= 11 is 0. The van der Waals surface area contributed by atoms with E-state index in [1.165, 1.54) is 13.0 Å². The quantitative estimate of drug-likeness (QED) is 0.502. The molecule has 134 valence electrons. The molecule has 1 aromatic carbocycles. The summed E-state index contributed by atoms with van der Waals surface area (Å²) in [6, 6.07) is 8.15. The van der Waals surface area contributed by atoms with Gasteiger partial charge >= 0.3 is 12.0 Å². The van der Waals surface area contributed by atoms with Gasteiger partial charge < -0.3 is 15.4 Å². The van der Waals surface area contributed by atoms with Crippen molar-refractivity contribution in [3.8, 4) is 0 Å². The normalized spacial score (nSPS) is 10.6. The first-order chi connectivity index (χ1) is 11.9. The van der Waals surface area contributed by atoms with E-state index in [9.17, 15) is 19.2 Å². The average molecular weight is 347 g/mol. The van der Waals surface area contributed by atoms with Crippen LogP contribution in [0.1, 0.15) is 25.8 Å². The van der Waals surface area contributed by atoms with Crippen molar-refractivity contribution in [3.63, 3.8) is 0 Å². The van der Waals surface area contributed by atoms with Crippen LogP contribution in [0.5, 0.6) is 0 Å². The highest BCUT2D eigenvalue weighted by Gasteiger charge is 2.15. The number of rotatable bonds is 7. The molecular formula is C17H21N3O5. The fourth-order valence-corrected chi connectivity index (χ4v) is 1.71. The Kier molecular flexibility index (Phi) is 8.42. The van der Waals surface area contributed by atoms with Crippen LogP contribution in [0.2, 0.25) is 0 Å². The molecule has 1 aromatic rings. The van der Waals surface area contributed by atoms with Gasteiger partial charge in [0.05, 0.1) is 0 Å². The van der Waals surface area contributed by atoms with Gasteiger partial charge in [0.15, 0.2) is 6.61 Å². The summed E-state index contributed by atoms with van der Waals surface area (Å²) in [6.45, 7) is 2.89. The Bertz CT molecular complexity index is 656. The number of nitrogens with one attached hydrogen (secondary N) is 3. The third kappa shape index (κ3) is 8.31. The van der Waals surface area contributed by atoms with Crippen LogP contribution in [-0.4, -0.2) is 37.0 Å². The highest BCUT2D eigenvalue weighted by Crippen LogP contribution is 2.06.